The molecule has 120 valence electrons. The monoisotopic (exact) mass is 330 g/mol. The van der Waals surface area contributed by atoms with Gasteiger partial charge in [0.1, 0.15) is 0 Å². The van der Waals surface area contributed by atoms with E-state index in [1.54, 1.807) is 11.4 Å². The number of hydrogen-bond donors (Lipinski definition) is 2. The molecule has 1 aromatic rings. The van der Waals surface area contributed by atoms with Crippen molar-refractivity contribution in [2.75, 3.05) is 13.1 Å². The lowest BCUT2D eigenvalue weighted by atomic mass is 10.0. The highest BCUT2D eigenvalue weighted by molar-refractivity contribution is 7.89. The maximum absolute atomic E-state index is 12.3. The molecule has 1 saturated carbocycles. The molecule has 2 rings (SSSR count). The molecule has 0 aromatic carbocycles. The molecule has 0 spiro atoms. The van der Waals surface area contributed by atoms with E-state index in [0.29, 0.717) is 17.4 Å². The normalized spacial score (nSPS) is 20.6. The second-order valence-electron chi connectivity index (χ2n) is 6.88. The summed E-state index contributed by atoms with van der Waals surface area (Å²) in [4.78, 5) is 1.43. The Morgan fingerprint density at radius 2 is 1.86 bits per heavy atom. The molecule has 0 bridgehead atoms. The first-order chi connectivity index (χ1) is 9.63. The van der Waals surface area contributed by atoms with Gasteiger partial charge in [0, 0.05) is 23.3 Å². The Morgan fingerprint density at radius 3 is 2.38 bits per heavy atom. The molecule has 4 nitrogen and oxygen atoms in total. The van der Waals surface area contributed by atoms with Gasteiger partial charge in [-0.25, -0.2) is 13.1 Å². The van der Waals surface area contributed by atoms with Crippen molar-refractivity contribution in [3.05, 3.63) is 16.3 Å². The predicted molar refractivity (Wildman–Crippen MR) is 87.9 cm³/mol. The van der Waals surface area contributed by atoms with E-state index in [1.165, 1.54) is 11.3 Å². The molecular weight excluding hydrogens is 304 g/mol. The van der Waals surface area contributed by atoms with E-state index in [-0.39, 0.29) is 10.8 Å². The molecule has 1 aliphatic carbocycles. The van der Waals surface area contributed by atoms with Gasteiger partial charge in [-0.3, -0.25) is 0 Å². The van der Waals surface area contributed by atoms with Crippen LogP contribution in [-0.4, -0.2) is 21.5 Å². The lowest BCUT2D eigenvalue weighted by Crippen LogP contribution is -2.27. The maximum Gasteiger partial charge on any atom is 0.241 e. The van der Waals surface area contributed by atoms with E-state index in [4.69, 9.17) is 0 Å². The number of rotatable bonds is 7. The number of sulfonamides is 1. The van der Waals surface area contributed by atoms with Gasteiger partial charge in [-0.05, 0) is 29.4 Å². The molecule has 0 aliphatic heterocycles. The van der Waals surface area contributed by atoms with Crippen molar-refractivity contribution in [2.45, 2.75) is 46.1 Å². The summed E-state index contributed by atoms with van der Waals surface area (Å²) in [5.74, 6) is 0.389. The van der Waals surface area contributed by atoms with Crippen LogP contribution in [0.1, 0.15) is 39.5 Å². The minimum absolute atomic E-state index is 0.195. The van der Waals surface area contributed by atoms with Gasteiger partial charge < -0.3 is 5.32 Å². The van der Waals surface area contributed by atoms with E-state index in [0.717, 1.165) is 18.0 Å². The van der Waals surface area contributed by atoms with Crippen LogP contribution < -0.4 is 10.0 Å². The van der Waals surface area contributed by atoms with Gasteiger partial charge in [-0.15, -0.1) is 11.3 Å². The van der Waals surface area contributed by atoms with E-state index in [2.05, 4.69) is 37.7 Å². The van der Waals surface area contributed by atoms with Crippen LogP contribution in [0.2, 0.25) is 0 Å². The smallest absolute Gasteiger partial charge is 0.241 e. The molecular formula is C15H26N2O2S2. The molecule has 2 N–H and O–H groups in total. The minimum atomic E-state index is -3.39. The lowest BCUT2D eigenvalue weighted by Gasteiger charge is -2.06. The average molecular weight is 331 g/mol. The third-order valence-corrected chi connectivity index (χ3v) is 7.78. The van der Waals surface area contributed by atoms with Crippen LogP contribution in [0.15, 0.2) is 16.3 Å². The van der Waals surface area contributed by atoms with E-state index >= 15 is 0 Å². The van der Waals surface area contributed by atoms with Gasteiger partial charge in [0.05, 0.1) is 4.90 Å². The quantitative estimate of drug-likeness (QED) is 0.808. The van der Waals surface area contributed by atoms with Crippen molar-refractivity contribution in [1.82, 2.24) is 10.0 Å². The van der Waals surface area contributed by atoms with E-state index in [9.17, 15) is 8.42 Å². The molecule has 0 saturated heterocycles. The second kappa shape index (κ2) is 5.65. The molecule has 21 heavy (non-hydrogen) atoms. The summed E-state index contributed by atoms with van der Waals surface area (Å²) in [5.41, 5.74) is 0.390. The lowest BCUT2D eigenvalue weighted by molar-refractivity contribution is 0.457. The number of thiophene rings is 1. The number of nitrogens with one attached hydrogen (secondary N) is 2. The summed E-state index contributed by atoms with van der Waals surface area (Å²) in [5, 5.41) is 4.93. The van der Waals surface area contributed by atoms with Crippen LogP contribution in [0.5, 0.6) is 0 Å². The first-order valence-corrected chi connectivity index (χ1v) is 9.77. The van der Waals surface area contributed by atoms with Gasteiger partial charge >= 0.3 is 0 Å². The second-order valence-corrected chi connectivity index (χ2v) is 9.64. The van der Waals surface area contributed by atoms with E-state index < -0.39 is 10.0 Å². The van der Waals surface area contributed by atoms with Crippen molar-refractivity contribution < 1.29 is 8.42 Å². The molecule has 1 aromatic heterocycles. The molecule has 1 fully saturated rings. The van der Waals surface area contributed by atoms with Crippen LogP contribution >= 0.6 is 11.3 Å². The molecule has 1 aliphatic rings. The molecule has 6 heteroatoms. The largest absolute Gasteiger partial charge is 0.312 e. The average Bonchev–Trinajstić information content (AvgIpc) is 2.76. The summed E-state index contributed by atoms with van der Waals surface area (Å²) in [6.45, 7) is 12.9. The fraction of sp³-hybridized carbons (Fsp3) is 0.733. The Labute approximate surface area is 132 Å². The summed E-state index contributed by atoms with van der Waals surface area (Å²) in [6, 6.07) is 1.76. The summed E-state index contributed by atoms with van der Waals surface area (Å²) in [6.07, 6.45) is 0. The van der Waals surface area contributed by atoms with Gasteiger partial charge in [-0.2, -0.15) is 0 Å². The van der Waals surface area contributed by atoms with Crippen molar-refractivity contribution >= 4 is 21.4 Å². The van der Waals surface area contributed by atoms with Gasteiger partial charge in [0.15, 0.2) is 0 Å². The third-order valence-electron chi connectivity index (χ3n) is 5.29. The third kappa shape index (κ3) is 3.18. The molecule has 0 radical (unpaired) electrons. The summed E-state index contributed by atoms with van der Waals surface area (Å²) >= 11 is 1.48. The fourth-order valence-electron chi connectivity index (χ4n) is 2.96. The van der Waals surface area contributed by atoms with Crippen molar-refractivity contribution in [2.24, 2.45) is 16.7 Å². The van der Waals surface area contributed by atoms with Gasteiger partial charge in [0.2, 0.25) is 10.0 Å². The highest BCUT2D eigenvalue weighted by Crippen LogP contribution is 2.67. The Bertz CT molecular complexity index is 589. The standard InChI is InChI=1S/C15H26N2O2S2/c1-6-16-8-11-7-12(10-20-11)21(18,19)17-9-13-14(2,3)15(13,4)5/h7,10,13,16-17H,6,8-9H2,1-5H3. The Kier molecular flexibility index (Phi) is 4.55. The van der Waals surface area contributed by atoms with Crippen molar-refractivity contribution in [3.63, 3.8) is 0 Å². The number of hydrogen-bond acceptors (Lipinski definition) is 4. The predicted octanol–water partition coefficient (Wildman–Crippen LogP) is 2.82. The van der Waals surface area contributed by atoms with Crippen LogP contribution in [0.25, 0.3) is 0 Å². The minimum Gasteiger partial charge on any atom is -0.312 e. The first-order valence-electron chi connectivity index (χ1n) is 7.40. The molecule has 0 unspecified atom stereocenters. The topological polar surface area (TPSA) is 58.2 Å². The Balaban J connectivity index is 1.98. The maximum atomic E-state index is 12.3. The van der Waals surface area contributed by atoms with Crippen molar-refractivity contribution in [3.8, 4) is 0 Å². The summed E-state index contributed by atoms with van der Waals surface area (Å²) < 4.78 is 27.5. The Morgan fingerprint density at radius 1 is 1.24 bits per heavy atom. The van der Waals surface area contributed by atoms with Gasteiger partial charge in [-0.1, -0.05) is 34.6 Å². The van der Waals surface area contributed by atoms with Crippen LogP contribution in [0.3, 0.4) is 0 Å². The Hall–Kier alpha value is -0.430. The van der Waals surface area contributed by atoms with E-state index in [1.807, 2.05) is 6.92 Å². The zero-order chi connectivity index (χ0) is 15.9. The van der Waals surface area contributed by atoms with Crippen LogP contribution in [-0.2, 0) is 16.6 Å². The molecule has 0 atom stereocenters. The molecule has 0 amide bonds. The zero-order valence-electron chi connectivity index (χ0n) is 13.5. The van der Waals surface area contributed by atoms with Crippen LogP contribution in [0, 0.1) is 16.7 Å². The fourth-order valence-corrected chi connectivity index (χ4v) is 5.25. The summed E-state index contributed by atoms with van der Waals surface area (Å²) in [7, 11) is -3.39. The van der Waals surface area contributed by atoms with Crippen molar-refractivity contribution in [1.29, 1.82) is 0 Å². The molecule has 1 heterocycles. The zero-order valence-corrected chi connectivity index (χ0v) is 15.1. The van der Waals surface area contributed by atoms with Gasteiger partial charge in [0.25, 0.3) is 0 Å². The van der Waals surface area contributed by atoms with Crippen LogP contribution in [0.4, 0.5) is 0 Å². The highest BCUT2D eigenvalue weighted by Gasteiger charge is 2.64. The SMILES string of the molecule is CCNCc1cc(S(=O)(=O)NCC2C(C)(C)C2(C)C)cs1. The first kappa shape index (κ1) is 16.9. The highest BCUT2D eigenvalue weighted by atomic mass is 32.2.